The van der Waals surface area contributed by atoms with Crippen molar-refractivity contribution in [3.63, 3.8) is 0 Å². The van der Waals surface area contributed by atoms with E-state index in [2.05, 4.69) is 10.2 Å². The summed E-state index contributed by atoms with van der Waals surface area (Å²) < 4.78 is 5.22. The molecular weight excluding hydrogens is 366 g/mol. The van der Waals surface area contributed by atoms with Crippen LogP contribution in [0.4, 0.5) is 0 Å². The minimum absolute atomic E-state index is 0.0355. The minimum atomic E-state index is -0.301. The average molecular weight is 396 g/mol. The fourth-order valence-electron chi connectivity index (χ4n) is 3.67. The van der Waals surface area contributed by atoms with Crippen molar-refractivity contribution in [3.8, 4) is 5.75 Å². The Bertz CT molecular complexity index is 821. The molecule has 2 aromatic carbocycles. The van der Waals surface area contributed by atoms with E-state index in [1.54, 1.807) is 12.0 Å². The van der Waals surface area contributed by atoms with Gasteiger partial charge in [0.25, 0.3) is 0 Å². The number of ether oxygens (including phenoxy) is 1. The third kappa shape index (κ3) is 5.35. The summed E-state index contributed by atoms with van der Waals surface area (Å²) in [4.78, 5) is 28.9. The van der Waals surface area contributed by atoms with Crippen LogP contribution in [0.1, 0.15) is 23.6 Å². The number of likely N-dealkylation sites (tertiary alicyclic amines) is 1. The zero-order valence-corrected chi connectivity index (χ0v) is 17.3. The zero-order chi connectivity index (χ0) is 20.8. The fourth-order valence-corrected chi connectivity index (χ4v) is 3.67. The molecule has 0 radical (unpaired) electrons. The molecule has 1 aliphatic rings. The van der Waals surface area contributed by atoms with Crippen molar-refractivity contribution in [2.75, 3.05) is 34.3 Å². The van der Waals surface area contributed by atoms with Gasteiger partial charge >= 0.3 is 0 Å². The van der Waals surface area contributed by atoms with Crippen LogP contribution in [-0.2, 0) is 16.1 Å². The first-order valence-corrected chi connectivity index (χ1v) is 9.87. The van der Waals surface area contributed by atoms with Gasteiger partial charge in [-0.15, -0.1) is 0 Å². The molecule has 6 nitrogen and oxygen atoms in total. The number of nitrogens with zero attached hydrogens (tertiary/aromatic N) is 2. The van der Waals surface area contributed by atoms with Gasteiger partial charge in [0.05, 0.1) is 19.1 Å². The van der Waals surface area contributed by atoms with E-state index in [9.17, 15) is 9.59 Å². The van der Waals surface area contributed by atoms with Gasteiger partial charge in [0.1, 0.15) is 5.75 Å². The molecule has 0 spiro atoms. The van der Waals surface area contributed by atoms with Crippen molar-refractivity contribution >= 4 is 11.8 Å². The smallest absolute Gasteiger partial charge is 0.225 e. The van der Waals surface area contributed by atoms with Crippen LogP contribution >= 0.6 is 0 Å². The molecule has 1 aliphatic heterocycles. The number of likely N-dealkylation sites (N-methyl/N-ethyl adjacent to an activating group) is 1. The van der Waals surface area contributed by atoms with Crippen LogP contribution < -0.4 is 10.1 Å². The van der Waals surface area contributed by atoms with E-state index in [-0.39, 0.29) is 30.2 Å². The van der Waals surface area contributed by atoms with E-state index >= 15 is 0 Å². The summed E-state index contributed by atoms with van der Waals surface area (Å²) in [7, 11) is 5.62. The van der Waals surface area contributed by atoms with Gasteiger partial charge in [-0.25, -0.2) is 0 Å². The lowest BCUT2D eigenvalue weighted by atomic mass is 10.0. The summed E-state index contributed by atoms with van der Waals surface area (Å²) in [6.07, 6.45) is 0.272. The normalized spacial score (nSPS) is 17.4. The van der Waals surface area contributed by atoms with Gasteiger partial charge in [-0.05, 0) is 37.4 Å². The SMILES string of the molecule is COc1ccc(C(CNC(=O)C2CC(=O)N(Cc3ccccc3)C2)N(C)C)cc1. The molecule has 0 aliphatic carbocycles. The highest BCUT2D eigenvalue weighted by Crippen LogP contribution is 2.23. The van der Waals surface area contributed by atoms with Crippen LogP contribution in [-0.4, -0.2) is 55.9 Å². The van der Waals surface area contributed by atoms with Crippen LogP contribution in [0.15, 0.2) is 54.6 Å². The second kappa shape index (κ2) is 9.56. The van der Waals surface area contributed by atoms with Crippen LogP contribution in [0.2, 0.25) is 0 Å². The Labute approximate surface area is 172 Å². The molecule has 29 heavy (non-hydrogen) atoms. The molecule has 2 aromatic rings. The highest BCUT2D eigenvalue weighted by atomic mass is 16.5. The first-order valence-electron chi connectivity index (χ1n) is 9.87. The summed E-state index contributed by atoms with van der Waals surface area (Å²) in [5, 5.41) is 3.05. The lowest BCUT2D eigenvalue weighted by Crippen LogP contribution is -2.38. The van der Waals surface area contributed by atoms with E-state index < -0.39 is 0 Å². The number of rotatable bonds is 8. The van der Waals surface area contributed by atoms with Gasteiger partial charge in [-0.3, -0.25) is 9.59 Å². The van der Waals surface area contributed by atoms with E-state index in [0.29, 0.717) is 19.6 Å². The predicted octanol–water partition coefficient (Wildman–Crippen LogP) is 2.46. The van der Waals surface area contributed by atoms with Gasteiger partial charge in [0, 0.05) is 26.1 Å². The first kappa shape index (κ1) is 20.9. The maximum absolute atomic E-state index is 12.7. The molecule has 1 heterocycles. The maximum Gasteiger partial charge on any atom is 0.225 e. The van der Waals surface area contributed by atoms with E-state index in [1.165, 1.54) is 0 Å². The monoisotopic (exact) mass is 395 g/mol. The number of benzene rings is 2. The Morgan fingerprint density at radius 3 is 2.48 bits per heavy atom. The second-order valence-electron chi connectivity index (χ2n) is 7.66. The molecule has 2 atom stereocenters. The molecule has 0 bridgehead atoms. The highest BCUT2D eigenvalue weighted by Gasteiger charge is 2.34. The summed E-state index contributed by atoms with van der Waals surface area (Å²) in [5.74, 6) is 0.478. The average Bonchev–Trinajstić information content (AvgIpc) is 3.09. The van der Waals surface area contributed by atoms with Crippen molar-refractivity contribution in [2.24, 2.45) is 5.92 Å². The van der Waals surface area contributed by atoms with Crippen LogP contribution in [0.25, 0.3) is 0 Å². The van der Waals surface area contributed by atoms with Gasteiger partial charge in [0.15, 0.2) is 0 Å². The van der Waals surface area contributed by atoms with Gasteiger partial charge in [-0.1, -0.05) is 42.5 Å². The molecule has 2 unspecified atom stereocenters. The van der Waals surface area contributed by atoms with E-state index in [4.69, 9.17) is 4.74 Å². The minimum Gasteiger partial charge on any atom is -0.497 e. The molecule has 3 rings (SSSR count). The van der Waals surface area contributed by atoms with Crippen molar-refractivity contribution in [3.05, 3.63) is 65.7 Å². The summed E-state index contributed by atoms with van der Waals surface area (Å²) in [6.45, 7) is 1.51. The third-order valence-electron chi connectivity index (χ3n) is 5.40. The Hall–Kier alpha value is -2.86. The van der Waals surface area contributed by atoms with Gasteiger partial charge in [-0.2, -0.15) is 0 Å². The Morgan fingerprint density at radius 1 is 1.17 bits per heavy atom. The molecule has 1 fully saturated rings. The molecule has 1 N–H and O–H groups in total. The topological polar surface area (TPSA) is 61.9 Å². The summed E-state index contributed by atoms with van der Waals surface area (Å²) in [5.41, 5.74) is 2.18. The van der Waals surface area contributed by atoms with Gasteiger partial charge in [0.2, 0.25) is 11.8 Å². The molecule has 154 valence electrons. The summed E-state index contributed by atoms with van der Waals surface area (Å²) in [6, 6.07) is 17.8. The Balaban J connectivity index is 1.56. The van der Waals surface area contributed by atoms with Crippen molar-refractivity contribution in [1.82, 2.24) is 15.1 Å². The lowest BCUT2D eigenvalue weighted by Gasteiger charge is -2.26. The van der Waals surface area contributed by atoms with Crippen LogP contribution in [0, 0.1) is 5.92 Å². The number of hydrogen-bond acceptors (Lipinski definition) is 4. The Morgan fingerprint density at radius 2 is 1.86 bits per heavy atom. The fraction of sp³-hybridized carbons (Fsp3) is 0.391. The number of methoxy groups -OCH3 is 1. The van der Waals surface area contributed by atoms with E-state index in [0.717, 1.165) is 16.9 Å². The lowest BCUT2D eigenvalue weighted by molar-refractivity contribution is -0.129. The highest BCUT2D eigenvalue weighted by molar-refractivity contribution is 5.89. The molecule has 0 aromatic heterocycles. The summed E-state index contributed by atoms with van der Waals surface area (Å²) >= 11 is 0. The number of carbonyl (C=O) groups is 2. The number of hydrogen-bond donors (Lipinski definition) is 1. The predicted molar refractivity (Wildman–Crippen MR) is 112 cm³/mol. The standard InChI is InChI=1S/C23H29N3O3/c1-25(2)21(18-9-11-20(29-3)12-10-18)14-24-23(28)19-13-22(27)26(16-19)15-17-7-5-4-6-8-17/h4-12,19,21H,13-16H2,1-3H3,(H,24,28). The molecule has 1 saturated heterocycles. The van der Waals surface area contributed by atoms with Crippen LogP contribution in [0.5, 0.6) is 5.75 Å². The maximum atomic E-state index is 12.7. The third-order valence-corrected chi connectivity index (χ3v) is 5.40. The largest absolute Gasteiger partial charge is 0.497 e. The van der Waals surface area contributed by atoms with Crippen molar-refractivity contribution < 1.29 is 14.3 Å². The second-order valence-corrected chi connectivity index (χ2v) is 7.66. The van der Waals surface area contributed by atoms with Gasteiger partial charge < -0.3 is 19.9 Å². The van der Waals surface area contributed by atoms with E-state index in [1.807, 2.05) is 68.7 Å². The zero-order valence-electron chi connectivity index (χ0n) is 17.3. The quantitative estimate of drug-likeness (QED) is 0.746. The molecule has 0 saturated carbocycles. The molecular formula is C23H29N3O3. The van der Waals surface area contributed by atoms with Crippen LogP contribution in [0.3, 0.4) is 0 Å². The van der Waals surface area contributed by atoms with Crippen molar-refractivity contribution in [2.45, 2.75) is 19.0 Å². The molecule has 2 amide bonds. The number of carbonyl (C=O) groups excluding carboxylic acids is 2. The number of nitrogens with one attached hydrogen (secondary N) is 1. The molecule has 6 heteroatoms. The number of amides is 2. The first-order chi connectivity index (χ1) is 14.0. The Kier molecular flexibility index (Phi) is 6.88. The van der Waals surface area contributed by atoms with Crippen molar-refractivity contribution in [1.29, 1.82) is 0 Å².